The normalized spacial score (nSPS) is 16.6. The molecule has 3 aromatic rings. The molecule has 0 N–H and O–H groups in total. The second-order valence-corrected chi connectivity index (χ2v) is 9.02. The smallest absolute Gasteiger partial charge is 0.109 e. The van der Waals surface area contributed by atoms with E-state index >= 15 is 0 Å². The van der Waals surface area contributed by atoms with Crippen molar-refractivity contribution in [3.05, 3.63) is 58.2 Å². The maximum Gasteiger partial charge on any atom is 0.109 e. The van der Waals surface area contributed by atoms with Gasteiger partial charge in [0.15, 0.2) is 0 Å². The second-order valence-electron chi connectivity index (χ2n) is 8.09. The van der Waals surface area contributed by atoms with Crippen LogP contribution in [0.4, 0.5) is 0 Å². The first kappa shape index (κ1) is 19.3. The molecule has 28 heavy (non-hydrogen) atoms. The summed E-state index contributed by atoms with van der Waals surface area (Å²) in [6.45, 7) is 3.07. The number of aryl methyl sites for hydroxylation is 1. The lowest BCUT2D eigenvalue weighted by Crippen LogP contribution is -2.21. The minimum absolute atomic E-state index is 0.293. The van der Waals surface area contributed by atoms with Gasteiger partial charge in [0, 0.05) is 42.5 Å². The Labute approximate surface area is 172 Å². The van der Waals surface area contributed by atoms with Crippen molar-refractivity contribution < 1.29 is 0 Å². The third-order valence-corrected chi connectivity index (χ3v) is 7.00. The molecule has 0 spiro atoms. The summed E-state index contributed by atoms with van der Waals surface area (Å²) in [7, 11) is 4.17. The number of rotatable bonds is 6. The number of hydrogen-bond acceptors (Lipinski definition) is 4. The van der Waals surface area contributed by atoms with E-state index in [-0.39, 0.29) is 0 Å². The standard InChI is InChI=1S/C23H30N4S/c1-17(23-24-13-14-28-23)26(2)15-21-16-27(3)25-22(21)20-11-9-19(10-12-20)18-7-5-4-6-8-18/h9-14,16-18H,4-8,15H2,1-3H3/t17-/m0/s1. The highest BCUT2D eigenvalue weighted by Gasteiger charge is 2.19. The molecule has 0 bridgehead atoms. The molecular formula is C23H30N4S. The molecule has 1 aliphatic carbocycles. The quantitative estimate of drug-likeness (QED) is 0.531. The van der Waals surface area contributed by atoms with Crippen LogP contribution in [0.1, 0.15) is 67.1 Å². The van der Waals surface area contributed by atoms with E-state index in [2.05, 4.69) is 54.3 Å². The molecule has 2 heterocycles. The number of benzene rings is 1. The van der Waals surface area contributed by atoms with Gasteiger partial charge in [-0.3, -0.25) is 9.58 Å². The van der Waals surface area contributed by atoms with Crippen LogP contribution in [0.5, 0.6) is 0 Å². The van der Waals surface area contributed by atoms with Gasteiger partial charge in [0.25, 0.3) is 0 Å². The average Bonchev–Trinajstić information content (AvgIpc) is 3.38. The fraction of sp³-hybridized carbons (Fsp3) is 0.478. The number of aromatic nitrogens is 3. The van der Waals surface area contributed by atoms with Gasteiger partial charge in [0.1, 0.15) is 5.01 Å². The summed E-state index contributed by atoms with van der Waals surface area (Å²) in [6, 6.07) is 9.47. The zero-order valence-electron chi connectivity index (χ0n) is 17.1. The van der Waals surface area contributed by atoms with Crippen LogP contribution in [0.25, 0.3) is 11.3 Å². The van der Waals surface area contributed by atoms with Crippen molar-refractivity contribution in [1.82, 2.24) is 19.7 Å². The predicted molar refractivity (Wildman–Crippen MR) is 116 cm³/mol. The van der Waals surface area contributed by atoms with Gasteiger partial charge in [-0.25, -0.2) is 4.98 Å². The maximum atomic E-state index is 4.78. The first-order valence-electron chi connectivity index (χ1n) is 10.3. The molecule has 148 valence electrons. The highest BCUT2D eigenvalue weighted by molar-refractivity contribution is 7.09. The Balaban J connectivity index is 1.52. The van der Waals surface area contributed by atoms with Gasteiger partial charge in [-0.1, -0.05) is 43.5 Å². The summed E-state index contributed by atoms with van der Waals surface area (Å²) in [5.74, 6) is 0.747. The van der Waals surface area contributed by atoms with Gasteiger partial charge in [0.05, 0.1) is 11.7 Å². The van der Waals surface area contributed by atoms with Crippen molar-refractivity contribution in [2.45, 2.75) is 57.5 Å². The zero-order chi connectivity index (χ0) is 19.5. The molecule has 0 unspecified atom stereocenters. The molecular weight excluding hydrogens is 364 g/mol. The molecule has 2 aromatic heterocycles. The van der Waals surface area contributed by atoms with E-state index in [0.717, 1.165) is 23.2 Å². The Kier molecular flexibility index (Phi) is 5.93. The second kappa shape index (κ2) is 8.58. The third kappa shape index (κ3) is 4.20. The van der Waals surface area contributed by atoms with E-state index in [1.54, 1.807) is 11.3 Å². The minimum atomic E-state index is 0.293. The Morgan fingerprint density at radius 2 is 1.93 bits per heavy atom. The lowest BCUT2D eigenvalue weighted by molar-refractivity contribution is 0.253. The van der Waals surface area contributed by atoms with Crippen LogP contribution in [-0.2, 0) is 13.6 Å². The molecule has 0 aliphatic heterocycles. The fourth-order valence-corrected chi connectivity index (χ4v) is 5.04. The Bertz CT molecular complexity index is 876. The van der Waals surface area contributed by atoms with Crippen molar-refractivity contribution in [3.63, 3.8) is 0 Å². The molecule has 0 amide bonds. The van der Waals surface area contributed by atoms with Crippen LogP contribution < -0.4 is 0 Å². The molecule has 1 aromatic carbocycles. The monoisotopic (exact) mass is 394 g/mol. The summed E-state index contributed by atoms with van der Waals surface area (Å²) in [5, 5.41) is 7.98. The van der Waals surface area contributed by atoms with E-state index in [4.69, 9.17) is 5.10 Å². The SMILES string of the molecule is C[C@@H](c1nccs1)N(C)Cc1cn(C)nc1-c1ccc(C2CCCCC2)cc1. The van der Waals surface area contributed by atoms with E-state index in [9.17, 15) is 0 Å². The first-order chi connectivity index (χ1) is 13.6. The van der Waals surface area contributed by atoms with E-state index < -0.39 is 0 Å². The summed E-state index contributed by atoms with van der Waals surface area (Å²) in [6.07, 6.45) is 10.9. The maximum absolute atomic E-state index is 4.78. The minimum Gasteiger partial charge on any atom is -0.293 e. The lowest BCUT2D eigenvalue weighted by atomic mass is 9.84. The van der Waals surface area contributed by atoms with Crippen LogP contribution in [0.15, 0.2) is 42.0 Å². The molecule has 0 radical (unpaired) electrons. The van der Waals surface area contributed by atoms with Crippen molar-refractivity contribution >= 4 is 11.3 Å². The highest BCUT2D eigenvalue weighted by atomic mass is 32.1. The van der Waals surface area contributed by atoms with Crippen molar-refractivity contribution in [3.8, 4) is 11.3 Å². The van der Waals surface area contributed by atoms with Gasteiger partial charge >= 0.3 is 0 Å². The Hall–Kier alpha value is -1.98. The van der Waals surface area contributed by atoms with Gasteiger partial charge in [-0.05, 0) is 38.3 Å². The van der Waals surface area contributed by atoms with Crippen molar-refractivity contribution in [2.24, 2.45) is 7.05 Å². The van der Waals surface area contributed by atoms with Gasteiger partial charge in [-0.15, -0.1) is 11.3 Å². The molecule has 1 saturated carbocycles. The highest BCUT2D eigenvalue weighted by Crippen LogP contribution is 2.34. The Morgan fingerprint density at radius 1 is 1.18 bits per heavy atom. The summed E-state index contributed by atoms with van der Waals surface area (Å²) in [5.41, 5.74) is 5.07. The molecule has 4 rings (SSSR count). The molecule has 1 aliphatic rings. The van der Waals surface area contributed by atoms with Gasteiger partial charge in [0.2, 0.25) is 0 Å². The van der Waals surface area contributed by atoms with Crippen LogP contribution in [0.3, 0.4) is 0 Å². The lowest BCUT2D eigenvalue weighted by Gasteiger charge is -2.23. The molecule has 0 saturated heterocycles. The summed E-state index contributed by atoms with van der Waals surface area (Å²) < 4.78 is 1.93. The van der Waals surface area contributed by atoms with Crippen LogP contribution in [0.2, 0.25) is 0 Å². The molecule has 4 nitrogen and oxygen atoms in total. The largest absolute Gasteiger partial charge is 0.293 e. The van der Waals surface area contributed by atoms with E-state index in [0.29, 0.717) is 6.04 Å². The number of nitrogens with zero attached hydrogens (tertiary/aromatic N) is 4. The van der Waals surface area contributed by atoms with Gasteiger partial charge < -0.3 is 0 Å². The van der Waals surface area contributed by atoms with Crippen LogP contribution in [-0.4, -0.2) is 26.7 Å². The summed E-state index contributed by atoms with van der Waals surface area (Å²) >= 11 is 1.72. The fourth-order valence-electron chi connectivity index (χ4n) is 4.28. The predicted octanol–water partition coefficient (Wildman–Crippen LogP) is 5.78. The van der Waals surface area contributed by atoms with E-state index in [1.165, 1.54) is 48.8 Å². The first-order valence-corrected chi connectivity index (χ1v) is 11.2. The van der Waals surface area contributed by atoms with Crippen molar-refractivity contribution in [1.29, 1.82) is 0 Å². The summed E-state index contributed by atoms with van der Waals surface area (Å²) in [4.78, 5) is 6.82. The third-order valence-electron chi connectivity index (χ3n) is 6.05. The topological polar surface area (TPSA) is 34.0 Å². The number of thiazole rings is 1. The number of hydrogen-bond donors (Lipinski definition) is 0. The van der Waals surface area contributed by atoms with Crippen LogP contribution in [0, 0.1) is 0 Å². The van der Waals surface area contributed by atoms with E-state index in [1.807, 2.05) is 23.3 Å². The molecule has 1 fully saturated rings. The zero-order valence-corrected chi connectivity index (χ0v) is 18.0. The molecule has 5 heteroatoms. The Morgan fingerprint density at radius 3 is 2.61 bits per heavy atom. The van der Waals surface area contributed by atoms with Gasteiger partial charge in [-0.2, -0.15) is 5.10 Å². The molecule has 1 atom stereocenters. The van der Waals surface area contributed by atoms with Crippen molar-refractivity contribution in [2.75, 3.05) is 7.05 Å². The van der Waals surface area contributed by atoms with Crippen LogP contribution >= 0.6 is 11.3 Å². The average molecular weight is 395 g/mol.